The maximum absolute atomic E-state index is 15.2. The van der Waals surface area contributed by atoms with Gasteiger partial charge in [-0.25, -0.2) is 14.0 Å². The third-order valence-corrected chi connectivity index (χ3v) is 7.30. The van der Waals surface area contributed by atoms with Crippen molar-refractivity contribution in [1.82, 2.24) is 20.6 Å². The average molecular weight is 647 g/mol. The summed E-state index contributed by atoms with van der Waals surface area (Å²) < 4.78 is 69.7. The van der Waals surface area contributed by atoms with Gasteiger partial charge in [0.1, 0.15) is 16.8 Å². The highest BCUT2D eigenvalue weighted by Gasteiger charge is 2.57. The molecule has 14 heteroatoms. The minimum atomic E-state index is -5.06. The van der Waals surface area contributed by atoms with Crippen LogP contribution in [0.1, 0.15) is 62.7 Å². The van der Waals surface area contributed by atoms with Crippen molar-refractivity contribution in [1.29, 1.82) is 0 Å². The van der Waals surface area contributed by atoms with Gasteiger partial charge >= 0.3 is 18.0 Å². The lowest BCUT2D eigenvalue weighted by Crippen LogP contribution is -2.52. The molecule has 2 aromatic carbocycles. The zero-order chi connectivity index (χ0) is 34.1. The molecule has 4 aromatic rings. The Kier molecular flexibility index (Phi) is 9.34. The lowest BCUT2D eigenvalue weighted by molar-refractivity contribution is -0.194. The molecule has 0 aliphatic rings. The van der Waals surface area contributed by atoms with Crippen molar-refractivity contribution in [2.45, 2.75) is 63.8 Å². The first kappa shape index (κ1) is 34.2. The molecule has 2 heterocycles. The Balaban J connectivity index is 1.82. The fourth-order valence-corrected chi connectivity index (χ4v) is 4.85. The maximum atomic E-state index is 15.2. The Bertz CT molecular complexity index is 1790. The summed E-state index contributed by atoms with van der Waals surface area (Å²) in [6.07, 6.45) is -6.76. The smallest absolute Gasteiger partial charge is 0.417 e. The van der Waals surface area contributed by atoms with Crippen LogP contribution in [-0.2, 0) is 15.7 Å². The number of alkyl halides is 3. The second-order valence-electron chi connectivity index (χ2n) is 12.3. The van der Waals surface area contributed by atoms with Gasteiger partial charge in [-0.05, 0) is 101 Å². The van der Waals surface area contributed by atoms with E-state index in [-0.39, 0.29) is 33.5 Å². The Labute approximate surface area is 261 Å². The van der Waals surface area contributed by atoms with Crippen molar-refractivity contribution >= 4 is 23.1 Å². The number of rotatable bonds is 9. The van der Waals surface area contributed by atoms with Crippen molar-refractivity contribution in [2.24, 2.45) is 0 Å². The van der Waals surface area contributed by atoms with Crippen LogP contribution >= 0.6 is 0 Å². The molecule has 10 nitrogen and oxygen atoms in total. The molecule has 0 saturated carbocycles. The largest absolute Gasteiger partial charge is 0.444 e. The van der Waals surface area contributed by atoms with E-state index in [2.05, 4.69) is 20.6 Å². The number of ether oxygens (including phenoxy) is 1. The van der Waals surface area contributed by atoms with Crippen LogP contribution in [0.2, 0.25) is 0 Å². The van der Waals surface area contributed by atoms with Crippen LogP contribution in [0.15, 0.2) is 63.8 Å². The third-order valence-electron chi connectivity index (χ3n) is 7.30. The fraction of sp³-hybridized carbons (Fsp3) is 0.375. The average Bonchev–Trinajstić information content (AvgIpc) is 3.32. The summed E-state index contributed by atoms with van der Waals surface area (Å²) in [6, 6.07) is 11.4. The van der Waals surface area contributed by atoms with Gasteiger partial charge in [0.25, 0.3) is 5.91 Å². The molecule has 4 rings (SSSR count). The highest BCUT2D eigenvalue weighted by atomic mass is 19.4. The number of nitrogens with one attached hydrogen (secondary N) is 3. The van der Waals surface area contributed by atoms with Gasteiger partial charge in [0, 0.05) is 24.3 Å². The first-order valence-corrected chi connectivity index (χ1v) is 14.2. The van der Waals surface area contributed by atoms with Gasteiger partial charge in [0.05, 0.1) is 22.4 Å². The number of amides is 2. The fourth-order valence-electron chi connectivity index (χ4n) is 4.85. The molecule has 0 aliphatic heterocycles. The van der Waals surface area contributed by atoms with Gasteiger partial charge in [-0.3, -0.25) is 14.8 Å². The van der Waals surface area contributed by atoms with E-state index in [0.717, 1.165) is 18.2 Å². The van der Waals surface area contributed by atoms with Gasteiger partial charge < -0.3 is 24.9 Å². The number of aliphatic hydroxyl groups is 1. The Morgan fingerprint density at radius 1 is 1.00 bits per heavy atom. The summed E-state index contributed by atoms with van der Waals surface area (Å²) in [6.45, 7) is 6.14. The van der Waals surface area contributed by atoms with E-state index in [0.29, 0.717) is 0 Å². The van der Waals surface area contributed by atoms with E-state index in [1.807, 2.05) is 0 Å². The van der Waals surface area contributed by atoms with Crippen LogP contribution in [0.25, 0.3) is 22.4 Å². The molecule has 0 fully saturated rings. The van der Waals surface area contributed by atoms with Gasteiger partial charge in [-0.1, -0.05) is 0 Å². The molecule has 1 unspecified atom stereocenters. The number of fused-ring (bicyclic) bond motifs is 1. The summed E-state index contributed by atoms with van der Waals surface area (Å²) in [5.74, 6) is -2.23. The summed E-state index contributed by atoms with van der Waals surface area (Å²) in [4.78, 5) is 44.0. The topological polar surface area (TPSA) is 147 Å². The van der Waals surface area contributed by atoms with Crippen molar-refractivity contribution < 1.29 is 41.4 Å². The lowest BCUT2D eigenvalue weighted by Gasteiger charge is -2.37. The maximum Gasteiger partial charge on any atom is 0.417 e. The molecule has 0 aliphatic carbocycles. The van der Waals surface area contributed by atoms with Crippen LogP contribution in [0, 0.1) is 5.82 Å². The zero-order valence-electron chi connectivity index (χ0n) is 25.8. The van der Waals surface area contributed by atoms with E-state index in [9.17, 15) is 23.9 Å². The van der Waals surface area contributed by atoms with E-state index in [1.54, 1.807) is 34.6 Å². The molecule has 246 valence electrons. The molecule has 2 aromatic heterocycles. The number of carbonyl (C=O) groups excluding carboxylic acids is 2. The number of aromatic nitrogens is 2. The normalized spacial score (nSPS) is 13.7. The Morgan fingerprint density at radius 3 is 2.28 bits per heavy atom. The quantitative estimate of drug-likeness (QED) is 0.171. The van der Waals surface area contributed by atoms with Gasteiger partial charge in [0.2, 0.25) is 0 Å². The number of aromatic amines is 1. The van der Waals surface area contributed by atoms with Crippen LogP contribution < -0.4 is 16.4 Å². The first-order chi connectivity index (χ1) is 21.3. The van der Waals surface area contributed by atoms with Gasteiger partial charge in [0.15, 0.2) is 5.58 Å². The SMILES string of the molecule is CC(C)(C)OC(=O)NC(C)(C)c1cc(-c2ccc(F)cc2)nc(C(CCO)(CNC(=O)c2ccc3oc(=O)[nH]c3c2)C(F)(F)F)c1. The van der Waals surface area contributed by atoms with Gasteiger partial charge in [-0.15, -0.1) is 0 Å². The van der Waals surface area contributed by atoms with Crippen molar-refractivity contribution in [2.75, 3.05) is 13.2 Å². The predicted molar refractivity (Wildman–Crippen MR) is 161 cm³/mol. The van der Waals surface area contributed by atoms with Crippen LogP contribution in [0.5, 0.6) is 0 Å². The van der Waals surface area contributed by atoms with E-state index in [1.165, 1.54) is 36.4 Å². The van der Waals surface area contributed by atoms with Crippen LogP contribution in [0.4, 0.5) is 22.4 Å². The minimum absolute atomic E-state index is 0.0267. The Morgan fingerprint density at radius 2 is 1.67 bits per heavy atom. The number of aliphatic hydroxyl groups excluding tert-OH is 1. The number of H-pyrrole nitrogens is 1. The monoisotopic (exact) mass is 646 g/mol. The molecular weight excluding hydrogens is 612 g/mol. The molecule has 0 saturated heterocycles. The molecule has 2 amide bonds. The number of pyridine rings is 1. The van der Waals surface area contributed by atoms with E-state index >= 15 is 13.2 Å². The highest BCUT2D eigenvalue weighted by molar-refractivity contribution is 5.97. The number of oxazole rings is 1. The van der Waals surface area contributed by atoms with Crippen molar-refractivity contribution in [3.63, 3.8) is 0 Å². The number of alkyl carbamates (subject to hydrolysis) is 1. The molecule has 4 N–H and O–H groups in total. The second-order valence-corrected chi connectivity index (χ2v) is 12.3. The van der Waals surface area contributed by atoms with Gasteiger partial charge in [-0.2, -0.15) is 13.2 Å². The summed E-state index contributed by atoms with van der Waals surface area (Å²) in [5, 5.41) is 14.9. The second kappa shape index (κ2) is 12.6. The van der Waals surface area contributed by atoms with E-state index in [4.69, 9.17) is 9.15 Å². The summed E-state index contributed by atoms with van der Waals surface area (Å²) >= 11 is 0. The van der Waals surface area contributed by atoms with Crippen molar-refractivity contribution in [3.05, 3.63) is 87.8 Å². The molecule has 0 spiro atoms. The number of benzene rings is 2. The summed E-state index contributed by atoms with van der Waals surface area (Å²) in [7, 11) is 0. The number of halogens is 4. The molecule has 0 bridgehead atoms. The number of nitrogens with zero attached hydrogens (tertiary/aromatic N) is 1. The minimum Gasteiger partial charge on any atom is -0.444 e. The van der Waals surface area contributed by atoms with E-state index < -0.39 is 71.6 Å². The number of carbonyl (C=O) groups is 2. The highest BCUT2D eigenvalue weighted by Crippen LogP contribution is 2.44. The third kappa shape index (κ3) is 7.56. The first-order valence-electron chi connectivity index (χ1n) is 14.2. The molecule has 46 heavy (non-hydrogen) atoms. The number of hydrogen-bond donors (Lipinski definition) is 4. The molecular formula is C32H34F4N4O6. The molecule has 1 atom stereocenters. The zero-order valence-corrected chi connectivity index (χ0v) is 25.8. The lowest BCUT2D eigenvalue weighted by atomic mass is 9.77. The Hall–Kier alpha value is -4.72. The standard InChI is InChI=1S/C32H34F4N4O6/c1-29(2,3)46-28(44)40-30(4,5)20-15-22(18-6-9-21(33)10-7-18)38-25(16-20)31(12-13-41,32(34,35)36)17-37-26(42)19-8-11-24-23(14-19)39-27(43)45-24/h6-11,14-16,41H,12-13,17H2,1-5H3,(H,37,42)(H,39,43)(H,40,44). The van der Waals surface area contributed by atoms with Crippen LogP contribution in [-0.4, -0.2) is 52.0 Å². The molecule has 0 radical (unpaired) electrons. The number of hydrogen-bond acceptors (Lipinski definition) is 7. The van der Waals surface area contributed by atoms with Crippen molar-refractivity contribution in [3.8, 4) is 11.3 Å². The summed E-state index contributed by atoms with van der Waals surface area (Å²) in [5.41, 5.74) is -4.87. The van der Waals surface area contributed by atoms with Crippen LogP contribution in [0.3, 0.4) is 0 Å². The predicted octanol–water partition coefficient (Wildman–Crippen LogP) is 5.69.